The second kappa shape index (κ2) is 8.93. The van der Waals surface area contributed by atoms with Crippen molar-refractivity contribution >= 4 is 16.9 Å². The van der Waals surface area contributed by atoms with Crippen molar-refractivity contribution in [3.05, 3.63) is 52.2 Å². The monoisotopic (exact) mass is 454 g/mol. The zero-order valence-electron chi connectivity index (χ0n) is 18.2. The number of likely N-dealkylation sites (tertiary alicyclic amines) is 1. The minimum atomic E-state index is -0.568. The molecule has 11 heteroatoms. The Kier molecular flexibility index (Phi) is 5.83. The van der Waals surface area contributed by atoms with Crippen LogP contribution in [0.3, 0.4) is 0 Å². The quantitative estimate of drug-likeness (QED) is 0.376. The van der Waals surface area contributed by atoms with Gasteiger partial charge in [0.05, 0.1) is 18.3 Å². The van der Waals surface area contributed by atoms with Crippen LogP contribution in [-0.2, 0) is 4.74 Å². The predicted octanol–water partition coefficient (Wildman–Crippen LogP) is 1.41. The average molecular weight is 454 g/mol. The highest BCUT2D eigenvalue weighted by atomic mass is 16.5. The molecule has 1 aromatic carbocycles. The van der Waals surface area contributed by atoms with Crippen LogP contribution >= 0.6 is 0 Å². The zero-order valence-corrected chi connectivity index (χ0v) is 18.2. The number of ether oxygens (including phenoxy) is 2. The fraction of sp³-hybridized carbons (Fsp3) is 0.455. The Morgan fingerprint density at radius 2 is 2.00 bits per heavy atom. The molecule has 2 aliphatic rings. The van der Waals surface area contributed by atoms with Gasteiger partial charge in [0.15, 0.2) is 5.65 Å². The smallest absolute Gasteiger partial charge is 0.274 e. The van der Waals surface area contributed by atoms with Crippen molar-refractivity contribution in [3.63, 3.8) is 0 Å². The molecule has 174 valence electrons. The van der Waals surface area contributed by atoms with Gasteiger partial charge in [-0.25, -0.2) is 15.1 Å². The van der Waals surface area contributed by atoms with Crippen LogP contribution in [0.5, 0.6) is 5.75 Å². The van der Waals surface area contributed by atoms with Crippen molar-refractivity contribution in [2.75, 3.05) is 26.3 Å². The Bertz CT molecular complexity index is 1190. The Morgan fingerprint density at radius 3 is 2.70 bits per heavy atom. The minimum absolute atomic E-state index is 0.00631. The fourth-order valence-electron chi connectivity index (χ4n) is 4.32. The van der Waals surface area contributed by atoms with Gasteiger partial charge >= 0.3 is 0 Å². The molecule has 2 aromatic heterocycles. The number of aromatic amines is 1. The first-order valence-corrected chi connectivity index (χ1v) is 11.0. The van der Waals surface area contributed by atoms with E-state index < -0.39 is 5.91 Å². The summed E-state index contributed by atoms with van der Waals surface area (Å²) in [6.45, 7) is 4.75. The fourth-order valence-corrected chi connectivity index (χ4v) is 4.32. The molecular weight excluding hydrogens is 428 g/mol. The van der Waals surface area contributed by atoms with Crippen LogP contribution in [0.15, 0.2) is 35.3 Å². The predicted molar refractivity (Wildman–Crippen MR) is 117 cm³/mol. The highest BCUT2D eigenvalue weighted by Gasteiger charge is 2.34. The topological polar surface area (TPSA) is 135 Å². The van der Waals surface area contributed by atoms with Crippen LogP contribution in [0.4, 0.5) is 0 Å². The molecule has 2 fully saturated rings. The van der Waals surface area contributed by atoms with Crippen LogP contribution in [0, 0.1) is 0 Å². The summed E-state index contributed by atoms with van der Waals surface area (Å²) in [5.74, 6) is 0.691. The summed E-state index contributed by atoms with van der Waals surface area (Å²) in [5, 5.41) is 13.6. The number of benzene rings is 1. The van der Waals surface area contributed by atoms with Crippen LogP contribution in [-0.4, -0.2) is 68.2 Å². The molecule has 0 radical (unpaired) electrons. The number of amides is 1. The third kappa shape index (κ3) is 4.22. The third-order valence-electron chi connectivity index (χ3n) is 6.36. The van der Waals surface area contributed by atoms with Crippen molar-refractivity contribution in [2.45, 2.75) is 38.0 Å². The molecule has 3 N–H and O–H groups in total. The van der Waals surface area contributed by atoms with Gasteiger partial charge in [-0.1, -0.05) is 0 Å². The summed E-state index contributed by atoms with van der Waals surface area (Å²) in [7, 11) is 0. The Morgan fingerprint density at radius 1 is 1.27 bits per heavy atom. The Balaban J connectivity index is 1.25. The van der Waals surface area contributed by atoms with Crippen molar-refractivity contribution in [1.29, 1.82) is 0 Å². The van der Waals surface area contributed by atoms with E-state index >= 15 is 0 Å². The molecule has 11 nitrogen and oxygen atoms in total. The molecule has 33 heavy (non-hydrogen) atoms. The molecule has 0 saturated carbocycles. The lowest BCUT2D eigenvalue weighted by Crippen LogP contribution is -2.54. The number of hydrogen-bond acceptors (Lipinski definition) is 8. The second-order valence-electron chi connectivity index (χ2n) is 8.46. The number of carbonyl (C=O) groups excluding carboxylic acids is 1. The number of hydrogen-bond donors (Lipinski definition) is 3. The molecule has 3 aromatic rings. The molecule has 5 rings (SSSR count). The first-order chi connectivity index (χ1) is 16.0. The van der Waals surface area contributed by atoms with Crippen LogP contribution in [0.2, 0.25) is 0 Å². The third-order valence-corrected chi connectivity index (χ3v) is 6.36. The van der Waals surface area contributed by atoms with E-state index in [1.54, 1.807) is 35.9 Å². The van der Waals surface area contributed by atoms with Gasteiger partial charge in [-0.05, 0) is 44.0 Å². The first-order valence-electron chi connectivity index (χ1n) is 11.0. The average Bonchev–Trinajstić information content (AvgIpc) is 3.26. The number of nitrogens with zero attached hydrogens (tertiary/aromatic N) is 4. The van der Waals surface area contributed by atoms with Gasteiger partial charge < -0.3 is 14.5 Å². The molecule has 4 heterocycles. The second-order valence-corrected chi connectivity index (χ2v) is 8.46. The number of rotatable bonds is 6. The van der Waals surface area contributed by atoms with E-state index in [1.807, 2.05) is 11.6 Å². The van der Waals surface area contributed by atoms with Crippen molar-refractivity contribution in [1.82, 2.24) is 30.1 Å². The highest BCUT2D eigenvalue weighted by Crippen LogP contribution is 2.28. The van der Waals surface area contributed by atoms with Crippen molar-refractivity contribution in [2.24, 2.45) is 0 Å². The van der Waals surface area contributed by atoms with Gasteiger partial charge in [0.2, 0.25) is 0 Å². The summed E-state index contributed by atoms with van der Waals surface area (Å²) in [5.41, 5.74) is 2.39. The molecule has 0 spiro atoms. The van der Waals surface area contributed by atoms with E-state index in [9.17, 15) is 9.59 Å². The van der Waals surface area contributed by atoms with Crippen molar-refractivity contribution in [3.8, 4) is 5.75 Å². The van der Waals surface area contributed by atoms with E-state index in [1.165, 1.54) is 0 Å². The number of hydroxylamine groups is 1. The number of aromatic nitrogens is 4. The maximum atomic E-state index is 12.7. The molecule has 1 atom stereocenters. The molecule has 1 unspecified atom stereocenters. The lowest BCUT2D eigenvalue weighted by molar-refractivity contribution is -0.00736. The van der Waals surface area contributed by atoms with E-state index in [0.717, 1.165) is 12.8 Å². The molecule has 0 aliphatic carbocycles. The highest BCUT2D eigenvalue weighted by molar-refractivity contribution is 5.93. The molecule has 2 aliphatic heterocycles. The van der Waals surface area contributed by atoms with Crippen LogP contribution < -0.4 is 15.8 Å². The lowest BCUT2D eigenvalue weighted by Gasteiger charge is -2.42. The van der Waals surface area contributed by atoms with E-state index in [4.69, 9.17) is 19.7 Å². The molecule has 1 amide bonds. The van der Waals surface area contributed by atoms with E-state index in [2.05, 4.69) is 15.0 Å². The minimum Gasteiger partial charge on any atom is -0.488 e. The standard InChI is InChI=1S/C22H26N6O5/c1-13(27-11-17(12-27)33-16-4-2-14(3-5-16)21(29)26-31)19-24-20-18(22(30)25-19)10-23-28(20)15-6-8-32-9-7-15/h2-5,10,13,15,17,31H,6-9,11-12H2,1H3,(H,26,29)(H,24,25,30). The number of carbonyl (C=O) groups is 1. The van der Waals surface area contributed by atoms with Crippen LogP contribution in [0.1, 0.15) is 48.0 Å². The maximum Gasteiger partial charge on any atom is 0.274 e. The van der Waals surface area contributed by atoms with Gasteiger partial charge in [-0.15, -0.1) is 0 Å². The number of nitrogens with one attached hydrogen (secondary N) is 2. The summed E-state index contributed by atoms with van der Waals surface area (Å²) in [6, 6.07) is 6.67. The molecule has 2 saturated heterocycles. The van der Waals surface area contributed by atoms with E-state index in [-0.39, 0.29) is 23.7 Å². The summed E-state index contributed by atoms with van der Waals surface area (Å²) < 4.78 is 13.3. The first kappa shape index (κ1) is 21.6. The van der Waals surface area contributed by atoms with Gasteiger partial charge in [-0.2, -0.15) is 5.10 Å². The van der Waals surface area contributed by atoms with Crippen molar-refractivity contribution < 1.29 is 19.5 Å². The number of H-pyrrole nitrogens is 1. The zero-order chi connectivity index (χ0) is 22.9. The number of fused-ring (bicyclic) bond motifs is 1. The maximum absolute atomic E-state index is 12.7. The molecular formula is C22H26N6O5. The molecule has 0 bridgehead atoms. The van der Waals surface area contributed by atoms with Crippen LogP contribution in [0.25, 0.3) is 11.0 Å². The SMILES string of the molecule is CC(c1nc2c(cnn2C2CCOCC2)c(=O)[nH]1)N1CC(Oc2ccc(C(=O)NO)cc2)C1. The largest absolute Gasteiger partial charge is 0.488 e. The summed E-state index contributed by atoms with van der Waals surface area (Å²) in [4.78, 5) is 34.0. The van der Waals surface area contributed by atoms with E-state index in [0.29, 0.717) is 54.5 Å². The van der Waals surface area contributed by atoms with Gasteiger partial charge in [0.25, 0.3) is 11.5 Å². The lowest BCUT2D eigenvalue weighted by atomic mass is 10.1. The van der Waals surface area contributed by atoms with Gasteiger partial charge in [-0.3, -0.25) is 19.7 Å². The Labute approximate surface area is 189 Å². The van der Waals surface area contributed by atoms with Gasteiger partial charge in [0, 0.05) is 31.9 Å². The normalized spacial score (nSPS) is 18.7. The summed E-state index contributed by atoms with van der Waals surface area (Å²) in [6.07, 6.45) is 3.29. The Hall–Kier alpha value is -3.28. The summed E-state index contributed by atoms with van der Waals surface area (Å²) >= 11 is 0. The van der Waals surface area contributed by atoms with Gasteiger partial charge in [0.1, 0.15) is 23.1 Å².